The fourth-order valence-electron chi connectivity index (χ4n) is 1.98. The Morgan fingerprint density at radius 3 is 2.48 bits per heavy atom. The van der Waals surface area contributed by atoms with Gasteiger partial charge in [-0.25, -0.2) is 9.59 Å². The number of Topliss-reactive ketones (excluding diaryl/α,β-unsaturated/α-hetero) is 1. The van der Waals surface area contributed by atoms with E-state index in [1.807, 2.05) is 5.32 Å². The second-order valence-corrected chi connectivity index (χ2v) is 5.60. The predicted octanol–water partition coefficient (Wildman–Crippen LogP) is -1.64. The Morgan fingerprint density at radius 1 is 1.30 bits per heavy atom. The molecule has 7 N–H and O–H groups in total. The first-order chi connectivity index (χ1) is 12.6. The molecule has 0 aliphatic heterocycles. The average molecular weight is 386 g/mol. The fourth-order valence-corrected chi connectivity index (χ4v) is 1.98. The number of aromatic nitrogens is 2. The molecule has 0 saturated heterocycles. The van der Waals surface area contributed by atoms with Crippen molar-refractivity contribution in [3.05, 3.63) is 11.7 Å². The van der Waals surface area contributed by atoms with E-state index in [9.17, 15) is 19.2 Å². The van der Waals surface area contributed by atoms with Gasteiger partial charge in [-0.2, -0.15) is 4.98 Å². The molecule has 13 nitrogen and oxygen atoms in total. The number of nitrogens with two attached hydrogens (primary N) is 2. The van der Waals surface area contributed by atoms with Crippen LogP contribution >= 0.6 is 0 Å². The third-order valence-electron chi connectivity index (χ3n) is 3.36. The maximum Gasteiger partial charge on any atom is 0.334 e. The van der Waals surface area contributed by atoms with Crippen molar-refractivity contribution in [1.82, 2.24) is 20.8 Å². The molecule has 0 bridgehead atoms. The summed E-state index contributed by atoms with van der Waals surface area (Å²) in [6.07, 6.45) is 0.00293. The second kappa shape index (κ2) is 10.2. The second-order valence-electron chi connectivity index (χ2n) is 5.60. The van der Waals surface area contributed by atoms with Crippen molar-refractivity contribution < 1.29 is 33.5 Å². The van der Waals surface area contributed by atoms with Crippen molar-refractivity contribution in [3.63, 3.8) is 0 Å². The summed E-state index contributed by atoms with van der Waals surface area (Å²) in [7, 11) is 1.51. The van der Waals surface area contributed by atoms with Gasteiger partial charge in [-0.05, 0) is 13.3 Å². The summed E-state index contributed by atoms with van der Waals surface area (Å²) in [5.41, 5.74) is 11.0. The molecule has 0 fully saturated rings. The quantitative estimate of drug-likeness (QED) is 0.273. The van der Waals surface area contributed by atoms with Gasteiger partial charge in [0.05, 0.1) is 12.5 Å². The molecule has 1 aromatic rings. The molecule has 0 aliphatic rings. The Bertz CT molecular complexity index is 677. The molecule has 0 radical (unpaired) electrons. The molecule has 1 rings (SSSR count). The molecule has 3 amide bonds. The van der Waals surface area contributed by atoms with Crippen molar-refractivity contribution in [2.45, 2.75) is 37.9 Å². The lowest BCUT2D eigenvalue weighted by Crippen LogP contribution is -2.50. The molecule has 0 unspecified atom stereocenters. The van der Waals surface area contributed by atoms with E-state index in [0.717, 1.165) is 6.92 Å². The summed E-state index contributed by atoms with van der Waals surface area (Å²) in [4.78, 5) is 49.5. The Labute approximate surface area is 153 Å². The molecular weight excluding hydrogens is 364 g/mol. The number of carbonyl (C=O) groups excluding carboxylic acids is 3. The van der Waals surface area contributed by atoms with Crippen LogP contribution in [0.5, 0.6) is 0 Å². The number of primary amides is 1. The number of rotatable bonds is 11. The number of carboxylic acid groups (broad SMARTS) is 1. The summed E-state index contributed by atoms with van der Waals surface area (Å²) in [6, 6.07) is -4.52. The maximum absolute atomic E-state index is 12.0. The lowest BCUT2D eigenvalue weighted by atomic mass is 10.2. The summed E-state index contributed by atoms with van der Waals surface area (Å²) >= 11 is 0. The number of amides is 3. The topological polar surface area (TPSA) is 213 Å². The predicted molar refractivity (Wildman–Crippen MR) is 88.0 cm³/mol. The molecule has 3 atom stereocenters. The number of nitrogens with one attached hydrogen (secondary N) is 2. The van der Waals surface area contributed by atoms with Crippen LogP contribution < -0.4 is 22.1 Å². The van der Waals surface area contributed by atoms with Crippen LogP contribution in [0, 0.1) is 0 Å². The summed E-state index contributed by atoms with van der Waals surface area (Å²) in [6.45, 7) is 1.36. The Hall–Kier alpha value is -3.06. The third kappa shape index (κ3) is 6.99. The van der Waals surface area contributed by atoms with E-state index in [0.29, 0.717) is 13.0 Å². The zero-order valence-electron chi connectivity index (χ0n) is 14.8. The van der Waals surface area contributed by atoms with Gasteiger partial charge in [0, 0.05) is 13.7 Å². The van der Waals surface area contributed by atoms with E-state index in [4.69, 9.17) is 25.8 Å². The minimum absolute atomic E-state index is 0.130. The molecule has 0 spiro atoms. The number of hydrogen-bond acceptors (Lipinski definition) is 9. The van der Waals surface area contributed by atoms with E-state index < -0.39 is 48.2 Å². The number of urea groups is 1. The van der Waals surface area contributed by atoms with Crippen molar-refractivity contribution in [2.24, 2.45) is 11.5 Å². The average Bonchev–Trinajstić information content (AvgIpc) is 3.06. The number of carbonyl (C=O) groups is 4. The molecule has 150 valence electrons. The Morgan fingerprint density at radius 2 is 1.96 bits per heavy atom. The molecule has 0 aromatic carbocycles. The zero-order valence-corrected chi connectivity index (χ0v) is 14.8. The van der Waals surface area contributed by atoms with Gasteiger partial charge in [0.25, 0.3) is 0 Å². The summed E-state index contributed by atoms with van der Waals surface area (Å²) in [5, 5.41) is 16.8. The number of carboxylic acids is 1. The van der Waals surface area contributed by atoms with Gasteiger partial charge in [-0.1, -0.05) is 5.16 Å². The number of methoxy groups -OCH3 is 1. The number of aliphatic carboxylic acids is 1. The van der Waals surface area contributed by atoms with Gasteiger partial charge in [0.15, 0.2) is 17.6 Å². The van der Waals surface area contributed by atoms with Gasteiger partial charge >= 0.3 is 12.0 Å². The normalized spacial score (nSPS) is 14.0. The fraction of sp³-hybridized carbons (Fsp3) is 0.571. The molecule has 13 heteroatoms. The third-order valence-corrected chi connectivity index (χ3v) is 3.36. The Kier molecular flexibility index (Phi) is 8.29. The molecule has 0 saturated carbocycles. The molecule has 0 aliphatic carbocycles. The molecule has 1 aromatic heterocycles. The standard InChI is InChI=1S/C14H22N6O7/c1-6(21)10(13(23)24)18-14(25)17-8(5-9(16)22)12-19-11(20-27-12)7(15)3-4-26-2/h7-8,10H,3-5,15H2,1-2H3,(H2,16,22)(H,23,24)(H2,17,18,25)/t7-,8-,10-/m0/s1. The number of ketones is 1. The first-order valence-corrected chi connectivity index (χ1v) is 7.82. The number of ether oxygens (including phenoxy) is 1. The van der Waals surface area contributed by atoms with Crippen molar-refractivity contribution in [1.29, 1.82) is 0 Å². The van der Waals surface area contributed by atoms with Crippen LogP contribution in [-0.4, -0.2) is 58.7 Å². The van der Waals surface area contributed by atoms with E-state index in [-0.39, 0.29) is 11.7 Å². The highest BCUT2D eigenvalue weighted by atomic mass is 16.5. The van der Waals surface area contributed by atoms with Gasteiger partial charge in [-0.3, -0.25) is 9.59 Å². The molecule has 27 heavy (non-hydrogen) atoms. The van der Waals surface area contributed by atoms with Crippen LogP contribution in [0.2, 0.25) is 0 Å². The summed E-state index contributed by atoms with van der Waals surface area (Å²) < 4.78 is 9.92. The lowest BCUT2D eigenvalue weighted by molar-refractivity contribution is -0.142. The SMILES string of the molecule is COCC[C@H](N)c1noc([C@H](CC(N)=O)NC(=O)N[C@@H](C(C)=O)C(=O)O)n1. The van der Waals surface area contributed by atoms with Crippen LogP contribution in [-0.2, 0) is 19.1 Å². The monoisotopic (exact) mass is 386 g/mol. The van der Waals surface area contributed by atoms with Crippen molar-refractivity contribution >= 4 is 23.7 Å². The molecular formula is C14H22N6O7. The first-order valence-electron chi connectivity index (χ1n) is 7.82. The van der Waals surface area contributed by atoms with E-state index >= 15 is 0 Å². The number of hydrogen-bond donors (Lipinski definition) is 5. The van der Waals surface area contributed by atoms with Crippen molar-refractivity contribution in [2.75, 3.05) is 13.7 Å². The van der Waals surface area contributed by atoms with Gasteiger partial charge in [-0.15, -0.1) is 0 Å². The zero-order chi connectivity index (χ0) is 20.6. The van der Waals surface area contributed by atoms with E-state index in [1.165, 1.54) is 7.11 Å². The van der Waals surface area contributed by atoms with E-state index in [2.05, 4.69) is 15.5 Å². The summed E-state index contributed by atoms with van der Waals surface area (Å²) in [5.74, 6) is -3.13. The minimum Gasteiger partial charge on any atom is -0.479 e. The van der Waals surface area contributed by atoms with Gasteiger partial charge < -0.3 is 36.5 Å². The number of nitrogens with zero attached hydrogens (tertiary/aromatic N) is 2. The minimum atomic E-state index is -1.75. The van der Waals surface area contributed by atoms with Crippen LogP contribution in [0.3, 0.4) is 0 Å². The highest BCUT2D eigenvalue weighted by Crippen LogP contribution is 2.18. The van der Waals surface area contributed by atoms with E-state index in [1.54, 1.807) is 0 Å². The largest absolute Gasteiger partial charge is 0.479 e. The van der Waals surface area contributed by atoms with Crippen LogP contribution in [0.4, 0.5) is 4.79 Å². The molecule has 1 heterocycles. The van der Waals surface area contributed by atoms with Crippen molar-refractivity contribution in [3.8, 4) is 0 Å². The smallest absolute Gasteiger partial charge is 0.334 e. The highest BCUT2D eigenvalue weighted by Gasteiger charge is 2.28. The maximum atomic E-state index is 12.0. The Balaban J connectivity index is 2.88. The lowest BCUT2D eigenvalue weighted by Gasteiger charge is -2.16. The van der Waals surface area contributed by atoms with Crippen LogP contribution in [0.15, 0.2) is 4.52 Å². The van der Waals surface area contributed by atoms with Gasteiger partial charge in [0.2, 0.25) is 11.8 Å². The van der Waals surface area contributed by atoms with Gasteiger partial charge in [0.1, 0.15) is 6.04 Å². The first kappa shape index (κ1) is 22.0. The highest BCUT2D eigenvalue weighted by molar-refractivity contribution is 6.03. The van der Waals surface area contributed by atoms with Crippen LogP contribution in [0.25, 0.3) is 0 Å². The van der Waals surface area contributed by atoms with Crippen LogP contribution in [0.1, 0.15) is 43.6 Å².